The number of halogens is 2. The van der Waals surface area contributed by atoms with Gasteiger partial charge in [0.05, 0.1) is 13.0 Å². The van der Waals surface area contributed by atoms with Crippen molar-refractivity contribution in [1.82, 2.24) is 4.90 Å². The maximum Gasteiger partial charge on any atom is 0.304 e. The van der Waals surface area contributed by atoms with Crippen LogP contribution in [0.3, 0.4) is 0 Å². The van der Waals surface area contributed by atoms with Crippen LogP contribution in [0.15, 0.2) is 36.4 Å². The van der Waals surface area contributed by atoms with E-state index in [1.165, 1.54) is 24.0 Å². The molecule has 2 aliphatic heterocycles. The van der Waals surface area contributed by atoms with Crippen molar-refractivity contribution in [3.63, 3.8) is 0 Å². The van der Waals surface area contributed by atoms with Crippen molar-refractivity contribution in [2.75, 3.05) is 26.2 Å². The van der Waals surface area contributed by atoms with Gasteiger partial charge < -0.3 is 19.5 Å². The average Bonchev–Trinajstić information content (AvgIpc) is 3.56. The number of likely N-dealkylation sites (tertiary alicyclic amines) is 1. The van der Waals surface area contributed by atoms with Crippen LogP contribution in [-0.2, 0) is 16.8 Å². The third kappa shape index (κ3) is 4.70. The fourth-order valence-corrected chi connectivity index (χ4v) is 5.21. The van der Waals surface area contributed by atoms with Gasteiger partial charge in [0.25, 0.3) is 0 Å². The summed E-state index contributed by atoms with van der Waals surface area (Å²) < 4.78 is 12.2. The van der Waals surface area contributed by atoms with E-state index >= 15 is 0 Å². The van der Waals surface area contributed by atoms with Gasteiger partial charge in [-0.15, -0.1) is 12.4 Å². The number of carboxylic acid groups (broad SMARTS) is 1. The minimum Gasteiger partial charge on any atom is -0.492 e. The number of carboxylic acids is 1. The normalized spacial score (nSPS) is 19.2. The Labute approximate surface area is 200 Å². The molecule has 172 valence electrons. The smallest absolute Gasteiger partial charge is 0.304 e. The van der Waals surface area contributed by atoms with Gasteiger partial charge in [-0.3, -0.25) is 4.79 Å². The molecule has 3 aliphatic rings. The predicted octanol–water partition coefficient (Wildman–Crippen LogP) is 5.42. The Hall–Kier alpha value is -1.95. The van der Waals surface area contributed by atoms with Crippen molar-refractivity contribution in [2.24, 2.45) is 0 Å². The van der Waals surface area contributed by atoms with Crippen LogP contribution in [-0.4, -0.2) is 42.2 Å². The Morgan fingerprint density at radius 1 is 1.22 bits per heavy atom. The van der Waals surface area contributed by atoms with Gasteiger partial charge in [0, 0.05) is 34.2 Å². The Balaban J connectivity index is 0.00000245. The summed E-state index contributed by atoms with van der Waals surface area (Å²) in [7, 11) is 0. The van der Waals surface area contributed by atoms with Gasteiger partial charge in [-0.25, -0.2) is 0 Å². The van der Waals surface area contributed by atoms with Crippen LogP contribution in [0, 0.1) is 0 Å². The van der Waals surface area contributed by atoms with E-state index in [2.05, 4.69) is 17.0 Å². The minimum atomic E-state index is -0.733. The highest BCUT2D eigenvalue weighted by Crippen LogP contribution is 2.47. The van der Waals surface area contributed by atoms with Crippen molar-refractivity contribution in [1.29, 1.82) is 0 Å². The molecule has 2 heterocycles. The van der Waals surface area contributed by atoms with Crippen LogP contribution in [0.2, 0.25) is 5.02 Å². The number of piperidine rings is 1. The van der Waals surface area contributed by atoms with Crippen LogP contribution in [0.25, 0.3) is 0 Å². The van der Waals surface area contributed by atoms with Crippen LogP contribution in [0.1, 0.15) is 54.7 Å². The number of benzene rings is 2. The summed E-state index contributed by atoms with van der Waals surface area (Å²) in [5, 5.41) is 9.69. The molecule has 2 aromatic carbocycles. The number of ether oxygens (including phenoxy) is 2. The fourth-order valence-electron chi connectivity index (χ4n) is 4.98. The second kappa shape index (κ2) is 9.50. The molecule has 32 heavy (non-hydrogen) atoms. The summed E-state index contributed by atoms with van der Waals surface area (Å²) in [5.74, 6) is 1.61. The second-order valence-corrected chi connectivity index (χ2v) is 9.49. The fraction of sp³-hybridized carbons (Fsp3) is 0.480. The molecule has 1 saturated carbocycles. The van der Waals surface area contributed by atoms with E-state index < -0.39 is 5.97 Å². The summed E-state index contributed by atoms with van der Waals surface area (Å²) in [4.78, 5) is 13.1. The molecule has 2 aromatic rings. The van der Waals surface area contributed by atoms with Crippen molar-refractivity contribution in [2.45, 2.75) is 50.0 Å². The zero-order valence-corrected chi connectivity index (χ0v) is 19.6. The van der Waals surface area contributed by atoms with E-state index in [9.17, 15) is 4.79 Å². The van der Waals surface area contributed by atoms with Crippen LogP contribution >= 0.6 is 24.0 Å². The van der Waals surface area contributed by atoms with Gasteiger partial charge in [0.2, 0.25) is 0 Å². The lowest BCUT2D eigenvalue weighted by Gasteiger charge is -2.38. The van der Waals surface area contributed by atoms with E-state index in [1.54, 1.807) is 0 Å². The maximum absolute atomic E-state index is 10.8. The highest BCUT2D eigenvalue weighted by molar-refractivity contribution is 6.31. The van der Waals surface area contributed by atoms with Gasteiger partial charge in [-0.2, -0.15) is 0 Å². The maximum atomic E-state index is 10.8. The van der Waals surface area contributed by atoms with E-state index in [1.807, 2.05) is 24.3 Å². The first-order chi connectivity index (χ1) is 15.0. The lowest BCUT2D eigenvalue weighted by atomic mass is 9.74. The molecule has 0 aromatic heterocycles. The molecule has 1 aliphatic carbocycles. The third-order valence-electron chi connectivity index (χ3n) is 7.04. The number of hydrogen-bond donors (Lipinski definition) is 1. The van der Waals surface area contributed by atoms with Crippen molar-refractivity contribution >= 4 is 30.0 Å². The van der Waals surface area contributed by atoms with Gasteiger partial charge in [0.1, 0.15) is 18.1 Å². The molecule has 1 spiro atoms. The molecule has 5 rings (SSSR count). The molecule has 1 N–H and O–H groups in total. The number of carbonyl (C=O) groups is 1. The summed E-state index contributed by atoms with van der Waals surface area (Å²) in [6, 6.07) is 12.3. The SMILES string of the molecule is Cl.O=C(O)CCN1CCC2(CC1)COc1cc(OCc3c(Cl)cccc3C3CC3)ccc12. The summed E-state index contributed by atoms with van der Waals surface area (Å²) >= 11 is 6.47. The Kier molecular flexibility index (Phi) is 6.89. The van der Waals surface area contributed by atoms with E-state index in [4.69, 9.17) is 26.2 Å². The Morgan fingerprint density at radius 3 is 2.72 bits per heavy atom. The minimum absolute atomic E-state index is 0. The molecule has 0 unspecified atom stereocenters. The second-order valence-electron chi connectivity index (χ2n) is 9.08. The highest BCUT2D eigenvalue weighted by atomic mass is 35.5. The van der Waals surface area contributed by atoms with Crippen molar-refractivity contribution < 1.29 is 19.4 Å². The topological polar surface area (TPSA) is 59.0 Å². The molecule has 7 heteroatoms. The first kappa shape index (κ1) is 23.2. The van der Waals surface area contributed by atoms with Gasteiger partial charge in [0.15, 0.2) is 0 Å². The monoisotopic (exact) mass is 477 g/mol. The number of fused-ring (bicyclic) bond motifs is 2. The standard InChI is InChI=1S/C25H28ClNO4.ClH/c26-22-3-1-2-19(17-4-5-17)20(22)15-30-18-6-7-21-23(14-18)31-16-25(21)9-12-27(13-10-25)11-8-24(28)29;/h1-3,6-7,14,17H,4-5,8-13,15-16H2,(H,28,29);1H. The van der Waals surface area contributed by atoms with Crippen molar-refractivity contribution in [3.05, 3.63) is 58.1 Å². The molecule has 0 atom stereocenters. The lowest BCUT2D eigenvalue weighted by molar-refractivity contribution is -0.137. The Bertz CT molecular complexity index is 984. The van der Waals surface area contributed by atoms with E-state index in [0.29, 0.717) is 25.7 Å². The van der Waals surface area contributed by atoms with Gasteiger partial charge in [-0.1, -0.05) is 29.8 Å². The van der Waals surface area contributed by atoms with Gasteiger partial charge in [-0.05, 0) is 62.4 Å². The number of rotatable bonds is 7. The van der Waals surface area contributed by atoms with E-state index in [0.717, 1.165) is 48.0 Å². The number of aliphatic carboxylic acids is 1. The number of nitrogens with zero attached hydrogens (tertiary/aromatic N) is 1. The first-order valence-corrected chi connectivity index (χ1v) is 11.5. The van der Waals surface area contributed by atoms with E-state index in [-0.39, 0.29) is 24.2 Å². The number of hydrogen-bond acceptors (Lipinski definition) is 4. The third-order valence-corrected chi connectivity index (χ3v) is 7.39. The highest BCUT2D eigenvalue weighted by Gasteiger charge is 2.43. The molecule has 0 radical (unpaired) electrons. The van der Waals surface area contributed by atoms with Gasteiger partial charge >= 0.3 is 5.97 Å². The molecular formula is C25H29Cl2NO4. The zero-order chi connectivity index (χ0) is 21.4. The summed E-state index contributed by atoms with van der Waals surface area (Å²) in [5.41, 5.74) is 3.71. The molecule has 0 bridgehead atoms. The molecule has 1 saturated heterocycles. The van der Waals surface area contributed by atoms with Crippen LogP contribution in [0.5, 0.6) is 11.5 Å². The molecule has 2 fully saturated rings. The van der Waals surface area contributed by atoms with Crippen LogP contribution in [0.4, 0.5) is 0 Å². The summed E-state index contributed by atoms with van der Waals surface area (Å²) in [6.07, 6.45) is 4.65. The largest absolute Gasteiger partial charge is 0.492 e. The molecule has 0 amide bonds. The summed E-state index contributed by atoms with van der Waals surface area (Å²) in [6.45, 7) is 3.59. The average molecular weight is 478 g/mol. The zero-order valence-electron chi connectivity index (χ0n) is 18.0. The Morgan fingerprint density at radius 2 is 2.00 bits per heavy atom. The predicted molar refractivity (Wildman–Crippen MR) is 127 cm³/mol. The molecule has 5 nitrogen and oxygen atoms in total. The lowest BCUT2D eigenvalue weighted by Crippen LogP contribution is -2.44. The molecular weight excluding hydrogens is 449 g/mol. The quantitative estimate of drug-likeness (QED) is 0.576. The first-order valence-electron chi connectivity index (χ1n) is 11.2. The van der Waals surface area contributed by atoms with Crippen molar-refractivity contribution in [3.8, 4) is 11.5 Å². The van der Waals surface area contributed by atoms with Crippen LogP contribution < -0.4 is 9.47 Å².